The lowest BCUT2D eigenvalue weighted by Crippen LogP contribution is -2.46. The first-order chi connectivity index (χ1) is 10.5. The number of benzene rings is 1. The zero-order chi connectivity index (χ0) is 16.5. The van der Waals surface area contributed by atoms with Crippen LogP contribution in [0.3, 0.4) is 0 Å². The lowest BCUT2D eigenvalue weighted by Gasteiger charge is -2.28. The summed E-state index contributed by atoms with van der Waals surface area (Å²) in [7, 11) is 1.56. The largest absolute Gasteiger partial charge is 0.464 e. The van der Waals surface area contributed by atoms with Gasteiger partial charge in [0, 0.05) is 7.05 Å². The standard InChI is InChI=1S/C17H25NO4/c1-5-11-21-16(19)15(13(2)3)18(4)17(20)22-12-14-9-7-6-8-10-14/h6-10,13,15H,5,11-12H2,1-4H3. The average Bonchev–Trinajstić information content (AvgIpc) is 2.51. The van der Waals surface area contributed by atoms with Gasteiger partial charge < -0.3 is 9.47 Å². The molecule has 0 aromatic heterocycles. The molecule has 122 valence electrons. The minimum atomic E-state index is -0.644. The second-order valence-corrected chi connectivity index (χ2v) is 5.51. The number of rotatable bonds is 7. The number of amides is 1. The number of likely N-dealkylation sites (N-methyl/N-ethyl adjacent to an activating group) is 1. The van der Waals surface area contributed by atoms with E-state index in [1.807, 2.05) is 51.1 Å². The molecular weight excluding hydrogens is 282 g/mol. The summed E-state index contributed by atoms with van der Waals surface area (Å²) in [5.74, 6) is -0.449. The van der Waals surface area contributed by atoms with Gasteiger partial charge in [0.15, 0.2) is 0 Å². The highest BCUT2D eigenvalue weighted by Gasteiger charge is 2.32. The van der Waals surface area contributed by atoms with Crippen molar-refractivity contribution in [3.8, 4) is 0 Å². The third-order valence-electron chi connectivity index (χ3n) is 3.23. The van der Waals surface area contributed by atoms with E-state index in [4.69, 9.17) is 9.47 Å². The maximum Gasteiger partial charge on any atom is 0.410 e. The van der Waals surface area contributed by atoms with Crippen LogP contribution in [0.5, 0.6) is 0 Å². The molecule has 1 rings (SSSR count). The summed E-state index contributed by atoms with van der Waals surface area (Å²) in [6.07, 6.45) is 0.217. The fourth-order valence-electron chi connectivity index (χ4n) is 2.10. The van der Waals surface area contributed by atoms with Crippen LogP contribution >= 0.6 is 0 Å². The Balaban J connectivity index is 2.62. The van der Waals surface area contributed by atoms with Gasteiger partial charge in [0.05, 0.1) is 6.61 Å². The normalized spacial score (nSPS) is 11.9. The van der Waals surface area contributed by atoms with E-state index in [1.165, 1.54) is 4.90 Å². The number of esters is 1. The second-order valence-electron chi connectivity index (χ2n) is 5.51. The first-order valence-corrected chi connectivity index (χ1v) is 7.57. The van der Waals surface area contributed by atoms with Gasteiger partial charge in [-0.2, -0.15) is 0 Å². The van der Waals surface area contributed by atoms with Crippen molar-refractivity contribution in [2.75, 3.05) is 13.7 Å². The molecule has 5 nitrogen and oxygen atoms in total. The zero-order valence-electron chi connectivity index (χ0n) is 13.7. The molecule has 22 heavy (non-hydrogen) atoms. The maximum atomic E-state index is 12.1. The van der Waals surface area contributed by atoms with Crippen molar-refractivity contribution in [1.29, 1.82) is 0 Å². The van der Waals surface area contributed by atoms with Crippen molar-refractivity contribution in [3.63, 3.8) is 0 Å². The second kappa shape index (κ2) is 9.07. The van der Waals surface area contributed by atoms with E-state index in [1.54, 1.807) is 7.05 Å². The molecule has 1 aromatic rings. The van der Waals surface area contributed by atoms with Crippen molar-refractivity contribution in [2.45, 2.75) is 39.8 Å². The highest BCUT2D eigenvalue weighted by atomic mass is 16.6. The van der Waals surface area contributed by atoms with E-state index < -0.39 is 18.1 Å². The summed E-state index contributed by atoms with van der Waals surface area (Å²) in [6.45, 7) is 6.21. The van der Waals surface area contributed by atoms with E-state index in [2.05, 4.69) is 0 Å². The van der Waals surface area contributed by atoms with Crippen LogP contribution in [0.2, 0.25) is 0 Å². The summed E-state index contributed by atoms with van der Waals surface area (Å²) >= 11 is 0. The van der Waals surface area contributed by atoms with E-state index in [-0.39, 0.29) is 12.5 Å². The smallest absolute Gasteiger partial charge is 0.410 e. The summed E-state index contributed by atoms with van der Waals surface area (Å²) < 4.78 is 10.4. The van der Waals surface area contributed by atoms with Crippen LogP contribution in [0.1, 0.15) is 32.8 Å². The van der Waals surface area contributed by atoms with Crippen molar-refractivity contribution >= 4 is 12.1 Å². The number of carbonyl (C=O) groups is 2. The molecule has 0 aliphatic rings. The van der Waals surface area contributed by atoms with E-state index in [9.17, 15) is 9.59 Å². The monoisotopic (exact) mass is 307 g/mol. The molecule has 0 spiro atoms. The Hall–Kier alpha value is -2.04. The first-order valence-electron chi connectivity index (χ1n) is 7.57. The van der Waals surface area contributed by atoms with E-state index in [0.717, 1.165) is 12.0 Å². The van der Waals surface area contributed by atoms with Gasteiger partial charge in [0.25, 0.3) is 0 Å². The number of hydrogen-bond donors (Lipinski definition) is 0. The maximum absolute atomic E-state index is 12.1. The Labute approximate surface area is 132 Å². The number of nitrogens with zero attached hydrogens (tertiary/aromatic N) is 1. The molecule has 1 aromatic carbocycles. The lowest BCUT2D eigenvalue weighted by molar-refractivity contribution is -0.150. The molecule has 5 heteroatoms. The van der Waals surface area contributed by atoms with Gasteiger partial charge in [-0.3, -0.25) is 4.90 Å². The molecule has 1 amide bonds. The first kappa shape index (κ1) is 18.0. The summed E-state index contributed by atoms with van der Waals surface area (Å²) in [5, 5.41) is 0. The van der Waals surface area contributed by atoms with Crippen molar-refractivity contribution in [3.05, 3.63) is 35.9 Å². The molecule has 0 heterocycles. The Morgan fingerprint density at radius 2 is 1.77 bits per heavy atom. The van der Waals surface area contributed by atoms with Crippen LogP contribution in [0, 0.1) is 5.92 Å². The van der Waals surface area contributed by atoms with Gasteiger partial charge >= 0.3 is 12.1 Å². The zero-order valence-corrected chi connectivity index (χ0v) is 13.7. The van der Waals surface area contributed by atoms with Crippen molar-refractivity contribution < 1.29 is 19.1 Å². The predicted molar refractivity (Wildman–Crippen MR) is 84.3 cm³/mol. The van der Waals surface area contributed by atoms with E-state index in [0.29, 0.717) is 6.61 Å². The molecule has 0 bridgehead atoms. The Kier molecular flexibility index (Phi) is 7.43. The van der Waals surface area contributed by atoms with Crippen molar-refractivity contribution in [2.24, 2.45) is 5.92 Å². The van der Waals surface area contributed by atoms with Crippen LogP contribution in [-0.2, 0) is 20.9 Å². The minimum Gasteiger partial charge on any atom is -0.464 e. The fourth-order valence-corrected chi connectivity index (χ4v) is 2.10. The average molecular weight is 307 g/mol. The molecule has 0 saturated heterocycles. The molecule has 1 atom stereocenters. The number of carbonyl (C=O) groups excluding carboxylic acids is 2. The van der Waals surface area contributed by atoms with Gasteiger partial charge in [0.1, 0.15) is 12.6 Å². The molecule has 0 radical (unpaired) electrons. The highest BCUT2D eigenvalue weighted by molar-refractivity contribution is 5.81. The van der Waals surface area contributed by atoms with Gasteiger partial charge in [-0.05, 0) is 17.9 Å². The lowest BCUT2D eigenvalue weighted by atomic mass is 10.0. The van der Waals surface area contributed by atoms with Crippen LogP contribution in [0.25, 0.3) is 0 Å². The summed E-state index contributed by atoms with van der Waals surface area (Å²) in [4.78, 5) is 25.5. The molecule has 0 fully saturated rings. The minimum absolute atomic E-state index is 0.0568. The summed E-state index contributed by atoms with van der Waals surface area (Å²) in [6, 6.07) is 8.77. The van der Waals surface area contributed by atoms with Crippen molar-refractivity contribution in [1.82, 2.24) is 4.90 Å². The highest BCUT2D eigenvalue weighted by Crippen LogP contribution is 2.13. The Morgan fingerprint density at radius 3 is 2.32 bits per heavy atom. The molecular formula is C17H25NO4. The van der Waals surface area contributed by atoms with Crippen LogP contribution in [0.15, 0.2) is 30.3 Å². The fraction of sp³-hybridized carbons (Fsp3) is 0.529. The number of ether oxygens (including phenoxy) is 2. The Morgan fingerprint density at radius 1 is 1.14 bits per heavy atom. The SMILES string of the molecule is CCCOC(=O)C(C(C)C)N(C)C(=O)OCc1ccccc1. The topological polar surface area (TPSA) is 55.8 Å². The van der Waals surface area contributed by atoms with E-state index >= 15 is 0 Å². The van der Waals surface area contributed by atoms with Crippen LogP contribution in [0.4, 0.5) is 4.79 Å². The van der Waals surface area contributed by atoms with Gasteiger partial charge in [-0.25, -0.2) is 9.59 Å². The molecule has 0 N–H and O–H groups in total. The third-order valence-corrected chi connectivity index (χ3v) is 3.23. The van der Waals surface area contributed by atoms with Gasteiger partial charge in [0.2, 0.25) is 0 Å². The quantitative estimate of drug-likeness (QED) is 0.726. The molecule has 0 aliphatic heterocycles. The number of hydrogen-bond acceptors (Lipinski definition) is 4. The van der Waals surface area contributed by atoms with Gasteiger partial charge in [-0.1, -0.05) is 51.1 Å². The molecule has 1 unspecified atom stereocenters. The molecule has 0 aliphatic carbocycles. The van der Waals surface area contributed by atoms with Crippen LogP contribution < -0.4 is 0 Å². The summed E-state index contributed by atoms with van der Waals surface area (Å²) in [5.41, 5.74) is 0.902. The third kappa shape index (κ3) is 5.39. The van der Waals surface area contributed by atoms with Gasteiger partial charge in [-0.15, -0.1) is 0 Å². The Bertz CT molecular complexity index is 473. The van der Waals surface area contributed by atoms with Crippen LogP contribution in [-0.4, -0.2) is 36.7 Å². The predicted octanol–water partition coefficient (Wildman–Crippen LogP) is 3.23. The molecule has 0 saturated carbocycles.